The summed E-state index contributed by atoms with van der Waals surface area (Å²) in [6.45, 7) is 0.367. The number of aromatic nitrogens is 3. The lowest BCUT2D eigenvalue weighted by Crippen LogP contribution is -2.18. The summed E-state index contributed by atoms with van der Waals surface area (Å²) in [5, 5.41) is 11.1. The summed E-state index contributed by atoms with van der Waals surface area (Å²) in [6.07, 6.45) is 4.97. The number of anilines is 1. The van der Waals surface area contributed by atoms with E-state index in [1.54, 1.807) is 16.1 Å². The van der Waals surface area contributed by atoms with Crippen LogP contribution in [0.2, 0.25) is 0 Å². The molecule has 0 atom stereocenters. The predicted molar refractivity (Wildman–Crippen MR) is 114 cm³/mol. The van der Waals surface area contributed by atoms with E-state index >= 15 is 0 Å². The van der Waals surface area contributed by atoms with Crippen LogP contribution in [-0.4, -0.2) is 39.7 Å². The van der Waals surface area contributed by atoms with Crippen molar-refractivity contribution < 1.29 is 9.90 Å². The van der Waals surface area contributed by atoms with E-state index in [0.29, 0.717) is 16.8 Å². The third-order valence-electron chi connectivity index (χ3n) is 4.62. The second-order valence-electron chi connectivity index (χ2n) is 6.78. The first-order valence-corrected chi connectivity index (χ1v) is 9.74. The minimum atomic E-state index is -1.23. The number of thiophene rings is 1. The van der Waals surface area contributed by atoms with Gasteiger partial charge in [0.2, 0.25) is 5.43 Å². The van der Waals surface area contributed by atoms with Gasteiger partial charge in [-0.3, -0.25) is 9.78 Å². The average Bonchev–Trinajstić information content (AvgIpc) is 3.21. The zero-order chi connectivity index (χ0) is 20.5. The van der Waals surface area contributed by atoms with Gasteiger partial charge in [-0.25, -0.2) is 9.78 Å². The molecule has 0 fully saturated rings. The van der Waals surface area contributed by atoms with E-state index in [-0.39, 0.29) is 5.56 Å². The van der Waals surface area contributed by atoms with Crippen LogP contribution in [-0.2, 0) is 6.54 Å². The Balaban J connectivity index is 1.64. The Morgan fingerprint density at radius 2 is 1.83 bits per heavy atom. The molecule has 4 heterocycles. The monoisotopic (exact) mass is 406 g/mol. The van der Waals surface area contributed by atoms with Crippen molar-refractivity contribution in [1.29, 1.82) is 0 Å². The van der Waals surface area contributed by atoms with Crippen molar-refractivity contribution in [2.75, 3.05) is 19.0 Å². The Kier molecular flexibility index (Phi) is 4.85. The molecular formula is C21H18N4O3S. The number of hydrogen-bond donors (Lipinski definition) is 1. The van der Waals surface area contributed by atoms with Gasteiger partial charge in [0.25, 0.3) is 0 Å². The number of aromatic carboxylic acids is 1. The highest BCUT2D eigenvalue weighted by Crippen LogP contribution is 2.22. The van der Waals surface area contributed by atoms with Crippen LogP contribution < -0.4 is 10.3 Å². The van der Waals surface area contributed by atoms with Gasteiger partial charge in [-0.2, -0.15) is 0 Å². The molecular weight excluding hydrogens is 388 g/mol. The molecule has 0 aromatic carbocycles. The molecule has 29 heavy (non-hydrogen) atoms. The molecule has 0 saturated carbocycles. The quantitative estimate of drug-likeness (QED) is 0.547. The SMILES string of the molecule is CN(C)c1ccc(-c2ccc(Cn3cc(C(=O)O)c(=O)c4sccc43)nc2)cn1. The standard InChI is InChI=1S/C21H18N4O3S/c1-24(2)18-6-4-14(10-23-18)13-3-5-15(22-9-13)11-25-12-16(21(27)28)19(26)20-17(25)7-8-29-20/h3-10,12H,11H2,1-2H3,(H,27,28). The predicted octanol–water partition coefficient (Wildman–Crippen LogP) is 3.33. The lowest BCUT2D eigenvalue weighted by atomic mass is 10.1. The first-order chi connectivity index (χ1) is 13.9. The van der Waals surface area contributed by atoms with Crippen molar-refractivity contribution >= 4 is 33.3 Å². The second-order valence-corrected chi connectivity index (χ2v) is 7.69. The van der Waals surface area contributed by atoms with E-state index in [2.05, 4.69) is 9.97 Å². The molecule has 8 heteroatoms. The summed E-state index contributed by atoms with van der Waals surface area (Å²) >= 11 is 1.25. The Hall–Kier alpha value is -3.52. The van der Waals surface area contributed by atoms with E-state index < -0.39 is 11.4 Å². The molecule has 0 aliphatic rings. The molecule has 0 saturated heterocycles. The fourth-order valence-corrected chi connectivity index (χ4v) is 3.93. The van der Waals surface area contributed by atoms with Crippen LogP contribution in [0.25, 0.3) is 21.3 Å². The van der Waals surface area contributed by atoms with Crippen LogP contribution in [0.15, 0.2) is 59.1 Å². The summed E-state index contributed by atoms with van der Waals surface area (Å²) in [5.41, 5.74) is 2.70. The van der Waals surface area contributed by atoms with E-state index in [9.17, 15) is 14.7 Å². The third-order valence-corrected chi connectivity index (χ3v) is 5.52. The van der Waals surface area contributed by atoms with Gasteiger partial charge in [-0.1, -0.05) is 6.07 Å². The molecule has 0 aliphatic heterocycles. The van der Waals surface area contributed by atoms with Gasteiger partial charge >= 0.3 is 5.97 Å². The van der Waals surface area contributed by atoms with Crippen LogP contribution in [0.5, 0.6) is 0 Å². The number of carboxylic acids is 1. The maximum atomic E-state index is 12.3. The molecule has 0 amide bonds. The van der Waals surface area contributed by atoms with Crippen molar-refractivity contribution in [3.8, 4) is 11.1 Å². The number of fused-ring (bicyclic) bond motifs is 1. The van der Waals surface area contributed by atoms with Crippen molar-refractivity contribution in [3.63, 3.8) is 0 Å². The minimum absolute atomic E-state index is 0.233. The van der Waals surface area contributed by atoms with E-state index in [0.717, 1.165) is 22.6 Å². The number of carboxylic acid groups (broad SMARTS) is 1. The summed E-state index contributed by atoms with van der Waals surface area (Å²) in [4.78, 5) is 34.6. The lowest BCUT2D eigenvalue weighted by Gasteiger charge is -2.12. The first kappa shape index (κ1) is 18.8. The van der Waals surface area contributed by atoms with E-state index in [1.807, 2.05) is 55.5 Å². The first-order valence-electron chi connectivity index (χ1n) is 8.86. The maximum absolute atomic E-state index is 12.3. The van der Waals surface area contributed by atoms with Gasteiger partial charge in [0.1, 0.15) is 11.4 Å². The Morgan fingerprint density at radius 1 is 1.10 bits per heavy atom. The molecule has 146 valence electrons. The molecule has 4 aromatic heterocycles. The van der Waals surface area contributed by atoms with Gasteiger partial charge < -0.3 is 14.6 Å². The minimum Gasteiger partial charge on any atom is -0.477 e. The molecule has 4 aromatic rings. The second kappa shape index (κ2) is 7.48. The average molecular weight is 406 g/mol. The van der Waals surface area contributed by atoms with Gasteiger partial charge in [0.05, 0.1) is 22.5 Å². The van der Waals surface area contributed by atoms with Crippen LogP contribution in [0.1, 0.15) is 16.1 Å². The summed E-state index contributed by atoms with van der Waals surface area (Å²) in [7, 11) is 3.88. The van der Waals surface area contributed by atoms with Crippen LogP contribution >= 0.6 is 11.3 Å². The molecule has 1 N–H and O–H groups in total. The number of nitrogens with zero attached hydrogens (tertiary/aromatic N) is 4. The van der Waals surface area contributed by atoms with Crippen molar-refractivity contribution in [3.05, 3.63) is 75.8 Å². The fraction of sp³-hybridized carbons (Fsp3) is 0.143. The zero-order valence-electron chi connectivity index (χ0n) is 15.9. The van der Waals surface area contributed by atoms with Crippen molar-refractivity contribution in [2.24, 2.45) is 0 Å². The Bertz CT molecular complexity index is 1240. The highest BCUT2D eigenvalue weighted by molar-refractivity contribution is 7.17. The highest BCUT2D eigenvalue weighted by Gasteiger charge is 2.15. The topological polar surface area (TPSA) is 88.3 Å². The number of hydrogen-bond acceptors (Lipinski definition) is 6. The van der Waals surface area contributed by atoms with Crippen LogP contribution in [0.4, 0.5) is 5.82 Å². The smallest absolute Gasteiger partial charge is 0.341 e. The Morgan fingerprint density at radius 3 is 2.41 bits per heavy atom. The lowest BCUT2D eigenvalue weighted by molar-refractivity contribution is 0.0695. The van der Waals surface area contributed by atoms with E-state index in [1.165, 1.54) is 17.5 Å². The molecule has 0 spiro atoms. The molecule has 7 nitrogen and oxygen atoms in total. The van der Waals surface area contributed by atoms with Crippen molar-refractivity contribution in [2.45, 2.75) is 6.54 Å². The molecule has 0 aliphatic carbocycles. The molecule has 0 radical (unpaired) electrons. The number of pyridine rings is 3. The van der Waals surface area contributed by atoms with Gasteiger partial charge in [-0.05, 0) is 29.6 Å². The zero-order valence-corrected chi connectivity index (χ0v) is 16.7. The molecule has 0 unspecified atom stereocenters. The van der Waals surface area contributed by atoms with Crippen molar-refractivity contribution in [1.82, 2.24) is 14.5 Å². The fourth-order valence-electron chi connectivity index (χ4n) is 3.07. The largest absolute Gasteiger partial charge is 0.477 e. The Labute approximate surface area is 170 Å². The summed E-state index contributed by atoms with van der Waals surface area (Å²) < 4.78 is 2.19. The summed E-state index contributed by atoms with van der Waals surface area (Å²) in [6, 6.07) is 9.62. The van der Waals surface area contributed by atoms with Crippen LogP contribution in [0, 0.1) is 0 Å². The number of rotatable bonds is 5. The van der Waals surface area contributed by atoms with Crippen LogP contribution in [0.3, 0.4) is 0 Å². The molecule has 4 rings (SSSR count). The normalized spacial score (nSPS) is 11.0. The van der Waals surface area contributed by atoms with Gasteiger partial charge in [-0.15, -0.1) is 11.3 Å². The third kappa shape index (κ3) is 3.62. The number of carbonyl (C=O) groups is 1. The maximum Gasteiger partial charge on any atom is 0.341 e. The van der Waals surface area contributed by atoms with Gasteiger partial charge in [0.15, 0.2) is 0 Å². The highest BCUT2D eigenvalue weighted by atomic mass is 32.1. The van der Waals surface area contributed by atoms with E-state index in [4.69, 9.17) is 0 Å². The van der Waals surface area contributed by atoms with Gasteiger partial charge in [0, 0.05) is 43.8 Å². The summed E-state index contributed by atoms with van der Waals surface area (Å²) in [5.74, 6) is -0.346. The molecule has 0 bridgehead atoms.